The van der Waals surface area contributed by atoms with Gasteiger partial charge < -0.3 is 25.4 Å². The minimum Gasteiger partial charge on any atom is -0.366 e. The summed E-state index contributed by atoms with van der Waals surface area (Å²) in [4.78, 5) is 35.3. The molecule has 11 nitrogen and oxygen atoms in total. The number of fused-ring (bicyclic) bond motifs is 1. The van der Waals surface area contributed by atoms with E-state index in [9.17, 15) is 35.9 Å². The first-order valence-electron chi connectivity index (χ1n) is 14.7. The van der Waals surface area contributed by atoms with Gasteiger partial charge in [0, 0.05) is 20.6 Å². The highest BCUT2D eigenvalue weighted by Gasteiger charge is 2.57. The molecule has 4 rings (SSSR count). The molecule has 2 aromatic carbocycles. The first-order chi connectivity index (χ1) is 22.7. The largest absolute Gasteiger partial charge is 0.455 e. The molecule has 0 aliphatic carbocycles. The van der Waals surface area contributed by atoms with E-state index < -0.39 is 36.1 Å². The molecule has 0 saturated carbocycles. The molecule has 2 heterocycles. The summed E-state index contributed by atoms with van der Waals surface area (Å²) in [5, 5.41) is 14.1. The molecule has 2 aromatic heterocycles. The molecule has 0 bridgehead atoms. The molecular formula is C30H35Cl2F6N9O2. The quantitative estimate of drug-likeness (QED) is 0.122. The Labute approximate surface area is 287 Å². The average molecular weight is 739 g/mol. The van der Waals surface area contributed by atoms with Crippen LogP contribution in [-0.4, -0.2) is 67.9 Å². The Balaban J connectivity index is 0.00000319. The third-order valence-electron chi connectivity index (χ3n) is 6.95. The van der Waals surface area contributed by atoms with Gasteiger partial charge in [-0.15, -0.1) is 0 Å². The lowest BCUT2D eigenvalue weighted by atomic mass is 10.1. The summed E-state index contributed by atoms with van der Waals surface area (Å²) < 4.78 is 81.2. The Morgan fingerprint density at radius 1 is 1.02 bits per heavy atom. The van der Waals surface area contributed by atoms with E-state index in [1.807, 2.05) is 13.8 Å². The van der Waals surface area contributed by atoms with Crippen molar-refractivity contribution in [2.75, 3.05) is 23.8 Å². The summed E-state index contributed by atoms with van der Waals surface area (Å²) >= 11 is 13.0. The number of nitrogens with one attached hydrogen (secondary N) is 4. The molecule has 4 N–H and O–H groups in total. The zero-order chi connectivity index (χ0) is 37.1. The first kappa shape index (κ1) is 39.2. The lowest BCUT2D eigenvalue weighted by molar-refractivity contribution is -0.278. The maximum Gasteiger partial charge on any atom is 0.455 e. The van der Waals surface area contributed by atoms with Crippen molar-refractivity contribution < 1.29 is 35.9 Å². The molecule has 0 saturated heterocycles. The average Bonchev–Trinajstić information content (AvgIpc) is 3.57. The molecule has 2 amide bonds. The Kier molecular flexibility index (Phi) is 12.1. The van der Waals surface area contributed by atoms with Crippen LogP contribution in [0.3, 0.4) is 0 Å². The minimum atomic E-state index is -5.87. The van der Waals surface area contributed by atoms with Crippen LogP contribution in [0.4, 0.5) is 43.7 Å². The number of aromatic nitrogens is 5. The van der Waals surface area contributed by atoms with Gasteiger partial charge in [0.2, 0.25) is 5.95 Å². The third-order valence-corrected chi connectivity index (χ3v) is 7.70. The van der Waals surface area contributed by atoms with Crippen molar-refractivity contribution in [2.24, 2.45) is 7.05 Å². The lowest BCUT2D eigenvalue weighted by Gasteiger charge is -2.23. The number of aromatic amines is 1. The number of H-pyrrole nitrogens is 1. The summed E-state index contributed by atoms with van der Waals surface area (Å²) in [6, 6.07) is 5.78. The number of anilines is 3. The number of alkyl halides is 6. The Morgan fingerprint density at radius 3 is 2.24 bits per heavy atom. The van der Waals surface area contributed by atoms with E-state index >= 15 is 0 Å². The molecule has 0 aliphatic rings. The molecular weight excluding hydrogens is 703 g/mol. The summed E-state index contributed by atoms with van der Waals surface area (Å²) in [5.41, 5.74) is -1.07. The van der Waals surface area contributed by atoms with Gasteiger partial charge in [0.1, 0.15) is 5.82 Å². The van der Waals surface area contributed by atoms with Crippen molar-refractivity contribution in [3.05, 3.63) is 57.1 Å². The number of aryl methyl sites for hydroxylation is 2. The number of carbonyl (C=O) groups is 2. The highest BCUT2D eigenvalue weighted by molar-refractivity contribution is 6.39. The van der Waals surface area contributed by atoms with Gasteiger partial charge in [0.05, 0.1) is 51.1 Å². The van der Waals surface area contributed by atoms with Crippen LogP contribution in [0.15, 0.2) is 24.3 Å². The van der Waals surface area contributed by atoms with E-state index in [0.717, 1.165) is 13.8 Å². The summed E-state index contributed by atoms with van der Waals surface area (Å²) in [5.74, 6) is -6.25. The van der Waals surface area contributed by atoms with E-state index in [1.54, 1.807) is 37.0 Å². The van der Waals surface area contributed by atoms with Crippen molar-refractivity contribution in [1.29, 1.82) is 0 Å². The van der Waals surface area contributed by atoms with Crippen LogP contribution in [-0.2, 0) is 24.9 Å². The molecule has 0 unspecified atom stereocenters. The van der Waals surface area contributed by atoms with Gasteiger partial charge in [-0.1, -0.05) is 43.1 Å². The second kappa shape index (κ2) is 15.1. The zero-order valence-electron chi connectivity index (χ0n) is 27.5. The van der Waals surface area contributed by atoms with Gasteiger partial charge in [-0.2, -0.15) is 27.1 Å². The molecule has 0 atom stereocenters. The van der Waals surface area contributed by atoms with E-state index in [-0.39, 0.29) is 51.5 Å². The first-order valence-corrected chi connectivity index (χ1v) is 15.5. The van der Waals surface area contributed by atoms with Gasteiger partial charge in [0.15, 0.2) is 11.5 Å². The van der Waals surface area contributed by atoms with Gasteiger partial charge >= 0.3 is 12.1 Å². The zero-order valence-corrected chi connectivity index (χ0v) is 29.0. The summed E-state index contributed by atoms with van der Waals surface area (Å²) in [6.07, 6.45) is -5.87. The van der Waals surface area contributed by atoms with Crippen LogP contribution in [0, 0.1) is 6.92 Å². The highest BCUT2D eigenvalue weighted by atomic mass is 35.5. The van der Waals surface area contributed by atoms with Crippen molar-refractivity contribution in [3.63, 3.8) is 0 Å². The second-order valence-corrected chi connectivity index (χ2v) is 11.9. The third kappa shape index (κ3) is 9.06. The normalized spacial score (nSPS) is 12.0. The number of nitrogens with zero attached hydrogens (tertiary/aromatic N) is 5. The topological polar surface area (TPSA) is 133 Å². The summed E-state index contributed by atoms with van der Waals surface area (Å²) in [7, 11) is 3.16. The number of hydrogen-bond donors (Lipinski definition) is 4. The van der Waals surface area contributed by atoms with Crippen LogP contribution >= 0.6 is 23.2 Å². The van der Waals surface area contributed by atoms with Crippen molar-refractivity contribution in [1.82, 2.24) is 35.4 Å². The van der Waals surface area contributed by atoms with Crippen LogP contribution in [0.1, 0.15) is 55.3 Å². The molecule has 0 radical (unpaired) electrons. The predicted octanol–water partition coefficient (Wildman–Crippen LogP) is 7.00. The SMILES string of the molecule is CC.Cc1nc(CN(C)c2cc3c(cc2C(=O)NCC(F)(F)C(F)(F)F)nc(Nc2c(Cl)ccc(CNC(=O)C(C)(C)F)c2Cl)n3C)n[nH]1. The number of halogens is 8. The van der Waals surface area contributed by atoms with Gasteiger partial charge in [-0.25, -0.2) is 14.4 Å². The van der Waals surface area contributed by atoms with Gasteiger partial charge in [-0.05, 0) is 44.5 Å². The second-order valence-electron chi connectivity index (χ2n) is 11.1. The molecule has 0 spiro atoms. The summed E-state index contributed by atoms with van der Waals surface area (Å²) in [6.45, 7) is 5.81. The van der Waals surface area contributed by atoms with Crippen LogP contribution < -0.4 is 20.9 Å². The van der Waals surface area contributed by atoms with E-state index in [2.05, 4.69) is 30.8 Å². The number of amides is 2. The fraction of sp³-hybridized carbons (Fsp3) is 0.433. The van der Waals surface area contributed by atoms with Crippen molar-refractivity contribution >= 4 is 63.4 Å². The molecule has 19 heteroatoms. The van der Waals surface area contributed by atoms with E-state index in [4.69, 9.17) is 23.2 Å². The van der Waals surface area contributed by atoms with E-state index in [0.29, 0.717) is 22.7 Å². The predicted molar refractivity (Wildman–Crippen MR) is 175 cm³/mol. The van der Waals surface area contributed by atoms with E-state index in [1.165, 1.54) is 23.1 Å². The molecule has 4 aromatic rings. The molecule has 268 valence electrons. The van der Waals surface area contributed by atoms with Gasteiger partial charge in [-0.3, -0.25) is 14.7 Å². The lowest BCUT2D eigenvalue weighted by Crippen LogP contribution is -2.46. The number of benzene rings is 2. The number of rotatable bonds is 11. The Bertz CT molecular complexity index is 1820. The van der Waals surface area contributed by atoms with Crippen LogP contribution in [0.25, 0.3) is 11.0 Å². The minimum absolute atomic E-state index is 0.0337. The van der Waals surface area contributed by atoms with Gasteiger partial charge in [0.25, 0.3) is 11.8 Å². The highest BCUT2D eigenvalue weighted by Crippen LogP contribution is 2.38. The Morgan fingerprint density at radius 2 is 1.67 bits per heavy atom. The maximum atomic E-state index is 14.0. The Hall–Kier alpha value is -4.25. The number of carbonyl (C=O) groups excluding carboxylic acids is 2. The standard InChI is InChI=1S/C28H29Cl2F6N9O2.C2H6/c1-13-39-20(43-42-13)11-44(4)18-9-19-17(8-15(18)23(46)38-12-27(32,33)28(34,35)36)40-25(45(19)5)41-22-16(29)7-6-14(21(22)30)10-37-24(47)26(2,3)31;1-2/h6-9H,10-12H2,1-5H3,(H,37,47)(H,38,46)(H,40,41)(H,39,42,43);1-2H3. The number of imidazole rings is 1. The van der Waals surface area contributed by atoms with Crippen molar-refractivity contribution in [3.8, 4) is 0 Å². The van der Waals surface area contributed by atoms with Crippen LogP contribution in [0.5, 0.6) is 0 Å². The van der Waals surface area contributed by atoms with Crippen LogP contribution in [0.2, 0.25) is 10.0 Å². The maximum absolute atomic E-state index is 14.0. The fourth-order valence-electron chi connectivity index (χ4n) is 4.32. The molecule has 49 heavy (non-hydrogen) atoms. The molecule has 0 fully saturated rings. The smallest absolute Gasteiger partial charge is 0.366 e. The fourth-order valence-corrected chi connectivity index (χ4v) is 4.86. The van der Waals surface area contributed by atoms with Crippen molar-refractivity contribution in [2.45, 2.75) is 65.5 Å². The monoisotopic (exact) mass is 737 g/mol. The number of hydrogen-bond acceptors (Lipinski definition) is 7. The molecule has 0 aliphatic heterocycles.